The second-order valence-corrected chi connectivity index (χ2v) is 7.52. The van der Waals surface area contributed by atoms with Crippen molar-refractivity contribution in [3.8, 4) is 17.1 Å². The molecule has 0 bridgehead atoms. The quantitative estimate of drug-likeness (QED) is 0.609. The van der Waals surface area contributed by atoms with E-state index in [4.69, 9.17) is 9.26 Å². The summed E-state index contributed by atoms with van der Waals surface area (Å²) in [5.74, 6) is 0.278. The van der Waals surface area contributed by atoms with Crippen LogP contribution in [0.25, 0.3) is 11.4 Å². The molecular weight excluding hydrogens is 415 g/mol. The van der Waals surface area contributed by atoms with E-state index in [0.717, 1.165) is 12.8 Å². The van der Waals surface area contributed by atoms with Gasteiger partial charge in [-0.3, -0.25) is 9.59 Å². The van der Waals surface area contributed by atoms with Gasteiger partial charge in [0.2, 0.25) is 17.6 Å². The number of para-hydroxylation sites is 1. The number of halogens is 1. The van der Waals surface area contributed by atoms with Crippen LogP contribution in [0, 0.1) is 5.82 Å². The van der Waals surface area contributed by atoms with Gasteiger partial charge in [-0.25, -0.2) is 4.39 Å². The number of piperidine rings is 1. The standard InChI is InChI=1S/C23H23FN4O4/c24-18-8-4-6-16(12-18)22-26-23(32-27-22)17-7-5-11-28(14-17)21(30)13-25-20(29)15-31-19-9-2-1-3-10-19/h1-4,6,8-10,12,17H,5,7,11,13-15H2,(H,25,29). The van der Waals surface area contributed by atoms with Gasteiger partial charge in [-0.2, -0.15) is 4.98 Å². The Balaban J connectivity index is 1.28. The van der Waals surface area contributed by atoms with E-state index in [-0.39, 0.29) is 36.7 Å². The van der Waals surface area contributed by atoms with Gasteiger partial charge in [0.25, 0.3) is 5.91 Å². The van der Waals surface area contributed by atoms with Crippen molar-refractivity contribution < 1.29 is 23.2 Å². The number of carbonyl (C=O) groups excluding carboxylic acids is 2. The summed E-state index contributed by atoms with van der Waals surface area (Å²) >= 11 is 0. The lowest BCUT2D eigenvalue weighted by atomic mass is 9.98. The average molecular weight is 438 g/mol. The monoisotopic (exact) mass is 438 g/mol. The van der Waals surface area contributed by atoms with E-state index < -0.39 is 0 Å². The molecule has 2 heterocycles. The van der Waals surface area contributed by atoms with Gasteiger partial charge in [-0.1, -0.05) is 35.5 Å². The first-order valence-electron chi connectivity index (χ1n) is 10.4. The molecule has 1 aliphatic heterocycles. The van der Waals surface area contributed by atoms with Gasteiger partial charge in [0.15, 0.2) is 6.61 Å². The molecule has 166 valence electrons. The van der Waals surface area contributed by atoms with Crippen molar-refractivity contribution in [2.45, 2.75) is 18.8 Å². The molecule has 1 N–H and O–H groups in total. The Hall–Kier alpha value is -3.75. The Morgan fingerprint density at radius 3 is 2.84 bits per heavy atom. The molecule has 2 aromatic carbocycles. The third-order valence-electron chi connectivity index (χ3n) is 5.20. The predicted molar refractivity (Wildman–Crippen MR) is 113 cm³/mol. The number of rotatable bonds is 7. The summed E-state index contributed by atoms with van der Waals surface area (Å²) in [4.78, 5) is 30.6. The van der Waals surface area contributed by atoms with E-state index in [1.807, 2.05) is 18.2 Å². The maximum absolute atomic E-state index is 13.5. The number of hydrogen-bond acceptors (Lipinski definition) is 6. The highest BCUT2D eigenvalue weighted by Gasteiger charge is 2.28. The molecule has 2 amide bonds. The van der Waals surface area contributed by atoms with Gasteiger partial charge in [-0.15, -0.1) is 0 Å². The van der Waals surface area contributed by atoms with Gasteiger partial charge < -0.3 is 19.5 Å². The first-order chi connectivity index (χ1) is 15.6. The Labute approximate surface area is 184 Å². The number of amides is 2. The molecule has 1 aromatic heterocycles. The van der Waals surface area contributed by atoms with Crippen LogP contribution in [-0.2, 0) is 9.59 Å². The van der Waals surface area contributed by atoms with Crippen LogP contribution in [0.1, 0.15) is 24.7 Å². The summed E-state index contributed by atoms with van der Waals surface area (Å²) in [6, 6.07) is 15.0. The van der Waals surface area contributed by atoms with E-state index in [9.17, 15) is 14.0 Å². The number of carbonyl (C=O) groups is 2. The Bertz CT molecular complexity index is 1070. The highest BCUT2D eigenvalue weighted by Crippen LogP contribution is 2.27. The first kappa shape index (κ1) is 21.5. The van der Waals surface area contributed by atoms with Crippen LogP contribution < -0.4 is 10.1 Å². The third kappa shape index (κ3) is 5.48. The zero-order valence-corrected chi connectivity index (χ0v) is 17.4. The average Bonchev–Trinajstić information content (AvgIpc) is 3.32. The molecule has 32 heavy (non-hydrogen) atoms. The van der Waals surface area contributed by atoms with Crippen molar-refractivity contribution in [1.82, 2.24) is 20.4 Å². The molecular formula is C23H23FN4O4. The van der Waals surface area contributed by atoms with Gasteiger partial charge >= 0.3 is 0 Å². The van der Waals surface area contributed by atoms with Gasteiger partial charge in [-0.05, 0) is 37.1 Å². The van der Waals surface area contributed by atoms with Crippen LogP contribution in [0.3, 0.4) is 0 Å². The highest BCUT2D eigenvalue weighted by atomic mass is 19.1. The fraction of sp³-hybridized carbons (Fsp3) is 0.304. The molecule has 0 aliphatic carbocycles. The fourth-order valence-corrected chi connectivity index (χ4v) is 3.55. The summed E-state index contributed by atoms with van der Waals surface area (Å²) in [7, 11) is 0. The molecule has 9 heteroatoms. The molecule has 0 radical (unpaired) electrons. The van der Waals surface area contributed by atoms with Crippen LogP contribution in [0.15, 0.2) is 59.1 Å². The summed E-state index contributed by atoms with van der Waals surface area (Å²) in [6.45, 7) is 0.740. The predicted octanol–water partition coefficient (Wildman–Crippen LogP) is 2.78. The van der Waals surface area contributed by atoms with Crippen molar-refractivity contribution in [2.75, 3.05) is 26.2 Å². The van der Waals surface area contributed by atoms with Crippen LogP contribution in [0.5, 0.6) is 5.75 Å². The van der Waals surface area contributed by atoms with Crippen molar-refractivity contribution >= 4 is 11.8 Å². The van der Waals surface area contributed by atoms with Crippen molar-refractivity contribution in [3.63, 3.8) is 0 Å². The summed E-state index contributed by atoms with van der Waals surface area (Å²) in [5, 5.41) is 6.54. The summed E-state index contributed by atoms with van der Waals surface area (Å²) in [6.07, 6.45) is 1.57. The van der Waals surface area contributed by atoms with E-state index in [2.05, 4.69) is 15.5 Å². The fourth-order valence-electron chi connectivity index (χ4n) is 3.55. The number of nitrogens with one attached hydrogen (secondary N) is 1. The van der Waals surface area contributed by atoms with Gasteiger partial charge in [0, 0.05) is 18.7 Å². The number of aromatic nitrogens is 2. The maximum Gasteiger partial charge on any atom is 0.258 e. The SMILES string of the molecule is O=C(COc1ccccc1)NCC(=O)N1CCCC(c2nc(-c3cccc(F)c3)no2)C1. The second kappa shape index (κ2) is 10.0. The molecule has 0 saturated carbocycles. The number of ether oxygens (including phenoxy) is 1. The van der Waals surface area contributed by atoms with E-state index in [1.165, 1.54) is 12.1 Å². The topological polar surface area (TPSA) is 97.6 Å². The Morgan fingerprint density at radius 2 is 2.03 bits per heavy atom. The minimum Gasteiger partial charge on any atom is -0.484 e. The largest absolute Gasteiger partial charge is 0.484 e. The number of benzene rings is 2. The maximum atomic E-state index is 13.5. The highest BCUT2D eigenvalue weighted by molar-refractivity contribution is 5.85. The second-order valence-electron chi connectivity index (χ2n) is 7.52. The molecule has 1 aliphatic rings. The van der Waals surface area contributed by atoms with Crippen molar-refractivity contribution in [1.29, 1.82) is 0 Å². The Kier molecular flexibility index (Phi) is 6.74. The van der Waals surface area contributed by atoms with E-state index in [0.29, 0.717) is 36.1 Å². The summed E-state index contributed by atoms with van der Waals surface area (Å²) < 4.78 is 24.2. The number of nitrogens with zero attached hydrogens (tertiary/aromatic N) is 3. The van der Waals surface area contributed by atoms with Gasteiger partial charge in [0.05, 0.1) is 12.5 Å². The number of likely N-dealkylation sites (tertiary alicyclic amines) is 1. The lowest BCUT2D eigenvalue weighted by Gasteiger charge is -2.31. The molecule has 1 saturated heterocycles. The zero-order chi connectivity index (χ0) is 22.3. The van der Waals surface area contributed by atoms with Gasteiger partial charge in [0.1, 0.15) is 11.6 Å². The molecule has 4 rings (SSSR count). The van der Waals surface area contributed by atoms with E-state index in [1.54, 1.807) is 29.2 Å². The lowest BCUT2D eigenvalue weighted by molar-refractivity contribution is -0.134. The minimum absolute atomic E-state index is 0.109. The number of hydrogen-bond donors (Lipinski definition) is 1. The van der Waals surface area contributed by atoms with Crippen LogP contribution in [0.2, 0.25) is 0 Å². The smallest absolute Gasteiger partial charge is 0.258 e. The molecule has 1 unspecified atom stereocenters. The zero-order valence-electron chi connectivity index (χ0n) is 17.4. The molecule has 3 aromatic rings. The summed E-state index contributed by atoms with van der Waals surface area (Å²) in [5.41, 5.74) is 0.532. The molecule has 0 spiro atoms. The van der Waals surface area contributed by atoms with E-state index >= 15 is 0 Å². The van der Waals surface area contributed by atoms with Crippen molar-refractivity contribution in [3.05, 3.63) is 66.3 Å². The van der Waals surface area contributed by atoms with Crippen LogP contribution in [0.4, 0.5) is 4.39 Å². The first-order valence-corrected chi connectivity index (χ1v) is 10.4. The van der Waals surface area contributed by atoms with Crippen LogP contribution in [-0.4, -0.2) is 53.1 Å². The lowest BCUT2D eigenvalue weighted by Crippen LogP contribution is -2.45. The third-order valence-corrected chi connectivity index (χ3v) is 5.20. The Morgan fingerprint density at radius 1 is 1.19 bits per heavy atom. The normalized spacial score (nSPS) is 15.9. The molecule has 1 fully saturated rings. The molecule has 1 atom stereocenters. The minimum atomic E-state index is -0.375. The van der Waals surface area contributed by atoms with Crippen molar-refractivity contribution in [2.24, 2.45) is 0 Å². The van der Waals surface area contributed by atoms with Crippen LogP contribution >= 0.6 is 0 Å². The molecule has 8 nitrogen and oxygen atoms in total.